The molecule has 0 amide bonds. The van der Waals surface area contributed by atoms with E-state index in [-0.39, 0.29) is 6.04 Å². The van der Waals surface area contributed by atoms with Gasteiger partial charge in [-0.3, -0.25) is 0 Å². The Morgan fingerprint density at radius 3 is 2.81 bits per heavy atom. The summed E-state index contributed by atoms with van der Waals surface area (Å²) in [5.74, 6) is 0. The Bertz CT molecular complexity index is 510. The van der Waals surface area contributed by atoms with Gasteiger partial charge in [-0.2, -0.15) is 0 Å². The van der Waals surface area contributed by atoms with Crippen LogP contribution in [0.3, 0.4) is 0 Å². The molecule has 2 N–H and O–H groups in total. The van der Waals surface area contributed by atoms with Crippen molar-refractivity contribution >= 4 is 38.9 Å². The van der Waals surface area contributed by atoms with E-state index in [4.69, 9.17) is 17.3 Å². The van der Waals surface area contributed by atoms with Gasteiger partial charge in [0.15, 0.2) is 0 Å². The number of hydrogen-bond donors (Lipinski definition) is 1. The molecule has 1 aromatic heterocycles. The minimum absolute atomic E-state index is 0.0271. The lowest BCUT2D eigenvalue weighted by molar-refractivity contribution is 0.790. The Morgan fingerprint density at radius 2 is 2.25 bits per heavy atom. The topological polar surface area (TPSA) is 38.9 Å². The molecule has 0 saturated heterocycles. The second-order valence-electron chi connectivity index (χ2n) is 3.50. The van der Waals surface area contributed by atoms with Crippen LogP contribution in [0.4, 0.5) is 0 Å². The van der Waals surface area contributed by atoms with E-state index in [9.17, 15) is 0 Å². The third kappa shape index (κ3) is 2.46. The van der Waals surface area contributed by atoms with Crippen molar-refractivity contribution in [1.29, 1.82) is 0 Å². The lowest BCUT2D eigenvalue weighted by Gasteiger charge is -2.00. The standard InChI is InChI=1S/C11H10BrClN2S/c1-6(14)10-5-16-11(15-10)7-2-3-9(13)8(12)4-7/h2-6H,14H2,1H3. The maximum Gasteiger partial charge on any atom is 0.123 e. The molecular weight excluding hydrogens is 308 g/mol. The van der Waals surface area contributed by atoms with Crippen molar-refractivity contribution in [2.45, 2.75) is 13.0 Å². The molecule has 1 heterocycles. The molecule has 0 aliphatic carbocycles. The molecule has 1 aromatic carbocycles. The molecule has 1 unspecified atom stereocenters. The zero-order valence-corrected chi connectivity index (χ0v) is 11.7. The van der Waals surface area contributed by atoms with E-state index in [2.05, 4.69) is 20.9 Å². The van der Waals surface area contributed by atoms with Crippen molar-refractivity contribution in [3.63, 3.8) is 0 Å². The minimum Gasteiger partial charge on any atom is -0.323 e. The molecular formula is C11H10BrClN2S. The van der Waals surface area contributed by atoms with Crippen LogP contribution in [0.15, 0.2) is 28.1 Å². The highest BCUT2D eigenvalue weighted by Crippen LogP contribution is 2.31. The fourth-order valence-corrected chi connectivity index (χ4v) is 2.67. The van der Waals surface area contributed by atoms with Crippen LogP contribution in [0.5, 0.6) is 0 Å². The van der Waals surface area contributed by atoms with Gasteiger partial charge in [0.05, 0.1) is 10.7 Å². The van der Waals surface area contributed by atoms with E-state index in [1.807, 2.05) is 30.5 Å². The molecule has 0 fully saturated rings. The fourth-order valence-electron chi connectivity index (χ4n) is 1.26. The maximum absolute atomic E-state index is 5.94. The molecule has 2 aromatic rings. The van der Waals surface area contributed by atoms with Gasteiger partial charge in [0, 0.05) is 21.5 Å². The second-order valence-corrected chi connectivity index (χ2v) is 5.61. The molecule has 0 radical (unpaired) electrons. The molecule has 84 valence electrons. The molecule has 0 aliphatic heterocycles. The number of nitrogens with zero attached hydrogens (tertiary/aromatic N) is 1. The number of hydrogen-bond acceptors (Lipinski definition) is 3. The molecule has 0 bridgehead atoms. The van der Waals surface area contributed by atoms with Crippen LogP contribution in [0.2, 0.25) is 5.02 Å². The summed E-state index contributed by atoms with van der Waals surface area (Å²) in [6, 6.07) is 5.75. The van der Waals surface area contributed by atoms with Crippen LogP contribution >= 0.6 is 38.9 Å². The SMILES string of the molecule is CC(N)c1csc(-c2ccc(Cl)c(Br)c2)n1. The van der Waals surface area contributed by atoms with Crippen molar-refractivity contribution in [3.8, 4) is 10.6 Å². The van der Waals surface area contributed by atoms with Gasteiger partial charge in [-0.25, -0.2) is 4.98 Å². The molecule has 5 heteroatoms. The number of nitrogens with two attached hydrogens (primary N) is 1. The van der Waals surface area contributed by atoms with Gasteiger partial charge in [-0.15, -0.1) is 11.3 Å². The van der Waals surface area contributed by atoms with Crippen LogP contribution in [0.25, 0.3) is 10.6 Å². The Hall–Kier alpha value is -0.420. The van der Waals surface area contributed by atoms with Gasteiger partial charge < -0.3 is 5.73 Å². The lowest BCUT2D eigenvalue weighted by Crippen LogP contribution is -2.04. The summed E-state index contributed by atoms with van der Waals surface area (Å²) in [7, 11) is 0. The van der Waals surface area contributed by atoms with Gasteiger partial charge in [0.2, 0.25) is 0 Å². The summed E-state index contributed by atoms with van der Waals surface area (Å²) in [5, 5.41) is 3.65. The first-order chi connectivity index (χ1) is 7.58. The van der Waals surface area contributed by atoms with Crippen LogP contribution < -0.4 is 5.73 Å². The third-order valence-electron chi connectivity index (χ3n) is 2.16. The molecule has 2 nitrogen and oxygen atoms in total. The number of aromatic nitrogens is 1. The van der Waals surface area contributed by atoms with Crippen molar-refractivity contribution < 1.29 is 0 Å². The highest BCUT2D eigenvalue weighted by atomic mass is 79.9. The minimum atomic E-state index is -0.0271. The molecule has 0 spiro atoms. The lowest BCUT2D eigenvalue weighted by atomic mass is 10.2. The van der Waals surface area contributed by atoms with E-state index < -0.39 is 0 Å². The number of thiazole rings is 1. The Balaban J connectivity index is 2.39. The van der Waals surface area contributed by atoms with Gasteiger partial charge in [-0.05, 0) is 35.0 Å². The van der Waals surface area contributed by atoms with Crippen LogP contribution in [-0.4, -0.2) is 4.98 Å². The van der Waals surface area contributed by atoms with E-state index >= 15 is 0 Å². The number of rotatable bonds is 2. The zero-order chi connectivity index (χ0) is 11.7. The van der Waals surface area contributed by atoms with Crippen molar-refractivity contribution in [2.75, 3.05) is 0 Å². The van der Waals surface area contributed by atoms with E-state index in [1.165, 1.54) is 0 Å². The van der Waals surface area contributed by atoms with Crippen LogP contribution in [0, 0.1) is 0 Å². The summed E-state index contributed by atoms with van der Waals surface area (Å²) in [5.41, 5.74) is 7.74. The first-order valence-corrected chi connectivity index (χ1v) is 6.79. The first-order valence-electron chi connectivity index (χ1n) is 4.74. The summed E-state index contributed by atoms with van der Waals surface area (Å²) in [6.07, 6.45) is 0. The largest absolute Gasteiger partial charge is 0.323 e. The van der Waals surface area contributed by atoms with Crippen molar-refractivity contribution in [3.05, 3.63) is 38.8 Å². The van der Waals surface area contributed by atoms with E-state index in [0.29, 0.717) is 5.02 Å². The summed E-state index contributed by atoms with van der Waals surface area (Å²) in [6.45, 7) is 1.93. The van der Waals surface area contributed by atoms with Crippen LogP contribution in [-0.2, 0) is 0 Å². The molecule has 0 aliphatic rings. The zero-order valence-electron chi connectivity index (χ0n) is 8.58. The van der Waals surface area contributed by atoms with Crippen molar-refractivity contribution in [2.24, 2.45) is 5.73 Å². The van der Waals surface area contributed by atoms with E-state index in [1.54, 1.807) is 11.3 Å². The predicted molar refractivity (Wildman–Crippen MR) is 72.9 cm³/mol. The number of halogens is 2. The highest BCUT2D eigenvalue weighted by Gasteiger charge is 2.08. The smallest absolute Gasteiger partial charge is 0.123 e. The quantitative estimate of drug-likeness (QED) is 0.899. The van der Waals surface area contributed by atoms with Gasteiger partial charge in [0.1, 0.15) is 5.01 Å². The summed E-state index contributed by atoms with van der Waals surface area (Å²) in [4.78, 5) is 4.48. The fraction of sp³-hybridized carbons (Fsp3) is 0.182. The molecule has 1 atom stereocenters. The van der Waals surface area contributed by atoms with Gasteiger partial charge in [0.25, 0.3) is 0 Å². The number of benzene rings is 1. The molecule has 0 saturated carbocycles. The Labute approximate surface area is 112 Å². The first kappa shape index (κ1) is 12.0. The Kier molecular flexibility index (Phi) is 3.64. The van der Waals surface area contributed by atoms with Gasteiger partial charge in [-0.1, -0.05) is 17.7 Å². The monoisotopic (exact) mass is 316 g/mol. The average molecular weight is 318 g/mol. The van der Waals surface area contributed by atoms with Gasteiger partial charge >= 0.3 is 0 Å². The molecule has 16 heavy (non-hydrogen) atoms. The predicted octanol–water partition coefficient (Wildman–Crippen LogP) is 4.25. The van der Waals surface area contributed by atoms with Crippen molar-refractivity contribution in [1.82, 2.24) is 4.98 Å². The van der Waals surface area contributed by atoms with Crippen LogP contribution in [0.1, 0.15) is 18.7 Å². The maximum atomic E-state index is 5.94. The Morgan fingerprint density at radius 1 is 1.50 bits per heavy atom. The summed E-state index contributed by atoms with van der Waals surface area (Å²) >= 11 is 10.9. The molecule has 2 rings (SSSR count). The normalized spacial score (nSPS) is 12.8. The second kappa shape index (κ2) is 4.84. The average Bonchev–Trinajstić information content (AvgIpc) is 2.71. The highest BCUT2D eigenvalue weighted by molar-refractivity contribution is 9.10. The third-order valence-corrected chi connectivity index (χ3v) is 4.28. The van der Waals surface area contributed by atoms with E-state index in [0.717, 1.165) is 20.7 Å². The summed E-state index contributed by atoms with van der Waals surface area (Å²) < 4.78 is 0.879.